The second-order valence-corrected chi connectivity index (χ2v) is 5.96. The van der Waals surface area contributed by atoms with Crippen LogP contribution in [0.3, 0.4) is 0 Å². The van der Waals surface area contributed by atoms with E-state index in [1.165, 1.54) is 0 Å². The van der Waals surface area contributed by atoms with E-state index in [2.05, 4.69) is 21.8 Å². The zero-order valence-corrected chi connectivity index (χ0v) is 12.1. The number of fused-ring (bicyclic) bond motifs is 1. The van der Waals surface area contributed by atoms with Crippen molar-refractivity contribution in [1.29, 1.82) is 0 Å². The SMILES string of the molecule is CC(=O)CC1CN(c2nc3ccccc3[nH]2)CCC1C. The molecule has 2 aromatic rings. The average Bonchev–Trinajstić information content (AvgIpc) is 2.84. The summed E-state index contributed by atoms with van der Waals surface area (Å²) in [6.45, 7) is 5.87. The number of benzene rings is 1. The Bertz CT molecular complexity index is 586. The standard InChI is InChI=1S/C16H21N3O/c1-11-7-8-19(10-13(11)9-12(2)20)16-17-14-5-3-4-6-15(14)18-16/h3-6,11,13H,7-10H2,1-2H3,(H,17,18). The number of aromatic amines is 1. The van der Waals surface area contributed by atoms with Gasteiger partial charge in [-0.05, 0) is 37.3 Å². The van der Waals surface area contributed by atoms with Crippen LogP contribution in [0.15, 0.2) is 24.3 Å². The maximum atomic E-state index is 11.4. The molecule has 0 spiro atoms. The molecule has 4 heteroatoms. The fourth-order valence-electron chi connectivity index (χ4n) is 3.07. The highest BCUT2D eigenvalue weighted by Crippen LogP contribution is 2.29. The number of rotatable bonds is 3. The molecular weight excluding hydrogens is 250 g/mol. The fraction of sp³-hybridized carbons (Fsp3) is 0.500. The van der Waals surface area contributed by atoms with Gasteiger partial charge in [0, 0.05) is 19.5 Å². The van der Waals surface area contributed by atoms with Gasteiger partial charge in [-0.1, -0.05) is 19.1 Å². The van der Waals surface area contributed by atoms with E-state index in [9.17, 15) is 4.79 Å². The zero-order valence-electron chi connectivity index (χ0n) is 12.1. The molecule has 0 saturated carbocycles. The van der Waals surface area contributed by atoms with Crippen molar-refractivity contribution >= 4 is 22.8 Å². The summed E-state index contributed by atoms with van der Waals surface area (Å²) in [5.41, 5.74) is 2.08. The van der Waals surface area contributed by atoms with Gasteiger partial charge in [0.05, 0.1) is 11.0 Å². The van der Waals surface area contributed by atoms with Crippen LogP contribution >= 0.6 is 0 Å². The van der Waals surface area contributed by atoms with Crippen LogP contribution in [-0.4, -0.2) is 28.8 Å². The first kappa shape index (κ1) is 13.2. The first-order valence-electron chi connectivity index (χ1n) is 7.32. The topological polar surface area (TPSA) is 49.0 Å². The predicted octanol–water partition coefficient (Wildman–Crippen LogP) is 3.00. The van der Waals surface area contributed by atoms with E-state index in [1.54, 1.807) is 6.92 Å². The Morgan fingerprint density at radius 3 is 3.00 bits per heavy atom. The molecule has 2 heterocycles. The minimum Gasteiger partial charge on any atom is -0.342 e. The van der Waals surface area contributed by atoms with Gasteiger partial charge < -0.3 is 14.7 Å². The summed E-state index contributed by atoms with van der Waals surface area (Å²) in [6, 6.07) is 8.09. The smallest absolute Gasteiger partial charge is 0.203 e. The summed E-state index contributed by atoms with van der Waals surface area (Å²) < 4.78 is 0. The minimum absolute atomic E-state index is 0.285. The molecule has 1 fully saturated rings. The minimum atomic E-state index is 0.285. The van der Waals surface area contributed by atoms with Gasteiger partial charge in [0.15, 0.2) is 0 Å². The van der Waals surface area contributed by atoms with Crippen molar-refractivity contribution in [3.05, 3.63) is 24.3 Å². The Labute approximate surface area is 119 Å². The Kier molecular flexibility index (Phi) is 3.47. The van der Waals surface area contributed by atoms with Crippen LogP contribution in [0.25, 0.3) is 11.0 Å². The van der Waals surface area contributed by atoms with Gasteiger partial charge >= 0.3 is 0 Å². The monoisotopic (exact) mass is 271 g/mol. The lowest BCUT2D eigenvalue weighted by Gasteiger charge is -2.36. The summed E-state index contributed by atoms with van der Waals surface area (Å²) in [7, 11) is 0. The molecule has 4 nitrogen and oxygen atoms in total. The quantitative estimate of drug-likeness (QED) is 0.933. The lowest BCUT2D eigenvalue weighted by Crippen LogP contribution is -2.40. The molecular formula is C16H21N3O. The van der Waals surface area contributed by atoms with Crippen molar-refractivity contribution in [2.45, 2.75) is 26.7 Å². The maximum absolute atomic E-state index is 11.4. The van der Waals surface area contributed by atoms with Crippen molar-refractivity contribution in [1.82, 2.24) is 9.97 Å². The van der Waals surface area contributed by atoms with Crippen LogP contribution in [0.1, 0.15) is 26.7 Å². The molecule has 1 aliphatic rings. The molecule has 3 rings (SSSR count). The van der Waals surface area contributed by atoms with E-state index >= 15 is 0 Å². The number of ketones is 1. The van der Waals surface area contributed by atoms with Gasteiger partial charge in [-0.3, -0.25) is 0 Å². The number of carbonyl (C=O) groups excluding carboxylic acids is 1. The van der Waals surface area contributed by atoms with Crippen LogP contribution in [0.2, 0.25) is 0 Å². The van der Waals surface area contributed by atoms with Crippen molar-refractivity contribution in [2.75, 3.05) is 18.0 Å². The van der Waals surface area contributed by atoms with E-state index in [0.29, 0.717) is 18.3 Å². The van der Waals surface area contributed by atoms with Crippen molar-refractivity contribution in [2.24, 2.45) is 11.8 Å². The Morgan fingerprint density at radius 2 is 2.25 bits per heavy atom. The highest BCUT2D eigenvalue weighted by atomic mass is 16.1. The number of aromatic nitrogens is 2. The van der Waals surface area contributed by atoms with Gasteiger partial charge in [-0.2, -0.15) is 0 Å². The summed E-state index contributed by atoms with van der Waals surface area (Å²) >= 11 is 0. The molecule has 20 heavy (non-hydrogen) atoms. The van der Waals surface area contributed by atoms with Crippen LogP contribution in [0.5, 0.6) is 0 Å². The molecule has 1 aromatic carbocycles. The average molecular weight is 271 g/mol. The number of nitrogens with one attached hydrogen (secondary N) is 1. The summed E-state index contributed by atoms with van der Waals surface area (Å²) in [4.78, 5) is 21.7. The van der Waals surface area contributed by atoms with E-state index in [4.69, 9.17) is 0 Å². The third-order valence-electron chi connectivity index (χ3n) is 4.34. The molecule has 0 aliphatic carbocycles. The zero-order chi connectivity index (χ0) is 14.1. The first-order valence-corrected chi connectivity index (χ1v) is 7.32. The number of H-pyrrole nitrogens is 1. The molecule has 0 radical (unpaired) electrons. The molecule has 106 valence electrons. The number of carbonyl (C=O) groups is 1. The lowest BCUT2D eigenvalue weighted by atomic mass is 9.84. The molecule has 1 aromatic heterocycles. The number of para-hydroxylation sites is 2. The molecule has 0 bridgehead atoms. The van der Waals surface area contributed by atoms with Gasteiger partial charge in [-0.25, -0.2) is 4.98 Å². The second-order valence-electron chi connectivity index (χ2n) is 5.96. The Balaban J connectivity index is 1.81. The van der Waals surface area contributed by atoms with Crippen LogP contribution < -0.4 is 4.90 Å². The van der Waals surface area contributed by atoms with Gasteiger partial charge in [0.25, 0.3) is 0 Å². The fourth-order valence-corrected chi connectivity index (χ4v) is 3.07. The van der Waals surface area contributed by atoms with Gasteiger partial charge in [0.1, 0.15) is 5.78 Å². The van der Waals surface area contributed by atoms with E-state index in [-0.39, 0.29) is 5.78 Å². The maximum Gasteiger partial charge on any atom is 0.203 e. The van der Waals surface area contributed by atoms with E-state index < -0.39 is 0 Å². The number of anilines is 1. The number of hydrogen-bond donors (Lipinski definition) is 1. The highest BCUT2D eigenvalue weighted by molar-refractivity contribution is 5.77. The Morgan fingerprint density at radius 1 is 1.45 bits per heavy atom. The second kappa shape index (κ2) is 5.27. The van der Waals surface area contributed by atoms with E-state index in [1.807, 2.05) is 24.3 Å². The molecule has 1 N–H and O–H groups in total. The normalized spacial score (nSPS) is 23.2. The van der Waals surface area contributed by atoms with Gasteiger partial charge in [0.2, 0.25) is 5.95 Å². The molecule has 1 aliphatic heterocycles. The molecule has 1 saturated heterocycles. The summed E-state index contributed by atoms with van der Waals surface area (Å²) in [5, 5.41) is 0. The lowest BCUT2D eigenvalue weighted by molar-refractivity contribution is -0.118. The summed E-state index contributed by atoms with van der Waals surface area (Å²) in [5.74, 6) is 2.27. The first-order chi connectivity index (χ1) is 9.63. The van der Waals surface area contributed by atoms with Gasteiger partial charge in [-0.15, -0.1) is 0 Å². The molecule has 2 unspecified atom stereocenters. The number of hydrogen-bond acceptors (Lipinski definition) is 3. The predicted molar refractivity (Wildman–Crippen MR) is 80.9 cm³/mol. The van der Waals surface area contributed by atoms with E-state index in [0.717, 1.165) is 36.5 Å². The van der Waals surface area contributed by atoms with Crippen LogP contribution in [0, 0.1) is 11.8 Å². The van der Waals surface area contributed by atoms with Crippen LogP contribution in [0.4, 0.5) is 5.95 Å². The van der Waals surface area contributed by atoms with Crippen LogP contribution in [-0.2, 0) is 4.79 Å². The Hall–Kier alpha value is -1.84. The number of imidazole rings is 1. The third kappa shape index (κ3) is 2.55. The number of nitrogens with zero attached hydrogens (tertiary/aromatic N) is 2. The highest BCUT2D eigenvalue weighted by Gasteiger charge is 2.28. The number of piperidine rings is 1. The molecule has 0 amide bonds. The van der Waals surface area contributed by atoms with Crippen molar-refractivity contribution < 1.29 is 4.79 Å². The third-order valence-corrected chi connectivity index (χ3v) is 4.34. The van der Waals surface area contributed by atoms with Crippen molar-refractivity contribution in [3.8, 4) is 0 Å². The molecule has 2 atom stereocenters. The van der Waals surface area contributed by atoms with Crippen molar-refractivity contribution in [3.63, 3.8) is 0 Å². The summed E-state index contributed by atoms with van der Waals surface area (Å²) in [6.07, 6.45) is 1.80. The number of Topliss-reactive ketones (excluding diaryl/α,β-unsaturated/α-hetero) is 1. The largest absolute Gasteiger partial charge is 0.342 e.